The Morgan fingerprint density at radius 3 is 2.17 bits per heavy atom. The van der Waals surface area contributed by atoms with Gasteiger partial charge in [-0.2, -0.15) is 13.2 Å². The molecule has 0 bridgehead atoms. The van der Waals surface area contributed by atoms with Crippen LogP contribution in [0.15, 0.2) is 42.5 Å². The summed E-state index contributed by atoms with van der Waals surface area (Å²) >= 11 is 17.7. The molecule has 2 aromatic carbocycles. The van der Waals surface area contributed by atoms with Crippen molar-refractivity contribution < 1.29 is 27.9 Å². The molecule has 1 aliphatic heterocycles. The SMILES string of the molecule is O=C1N[C@H](c2ccc(Cl)cc2Cl)[C@H](C(=O)C(F)(F)F)[C@@](O)(c2ccc(Cl)cc2)N1. The summed E-state index contributed by atoms with van der Waals surface area (Å²) in [6, 6.07) is 6.32. The van der Waals surface area contributed by atoms with E-state index < -0.39 is 35.7 Å². The molecule has 3 N–H and O–H groups in total. The number of halogens is 6. The minimum Gasteiger partial charge on any atom is -0.366 e. The van der Waals surface area contributed by atoms with Crippen molar-refractivity contribution in [2.45, 2.75) is 17.9 Å². The molecule has 0 spiro atoms. The maximum Gasteiger partial charge on any atom is 0.450 e. The number of rotatable bonds is 3. The molecule has 29 heavy (non-hydrogen) atoms. The summed E-state index contributed by atoms with van der Waals surface area (Å²) in [7, 11) is 0. The van der Waals surface area contributed by atoms with E-state index in [2.05, 4.69) is 5.32 Å². The van der Waals surface area contributed by atoms with Crippen molar-refractivity contribution in [1.82, 2.24) is 10.6 Å². The lowest BCUT2D eigenvalue weighted by atomic mass is 9.76. The van der Waals surface area contributed by atoms with Crippen LogP contribution in [0.4, 0.5) is 18.0 Å². The number of alkyl halides is 3. The molecule has 1 aliphatic rings. The van der Waals surface area contributed by atoms with Crippen molar-refractivity contribution in [1.29, 1.82) is 0 Å². The van der Waals surface area contributed by atoms with E-state index in [0.29, 0.717) is 0 Å². The molecule has 2 amide bonds. The van der Waals surface area contributed by atoms with Crippen LogP contribution in [0, 0.1) is 5.92 Å². The third-order valence-corrected chi connectivity index (χ3v) is 5.33. The lowest BCUT2D eigenvalue weighted by molar-refractivity contribution is -0.190. The van der Waals surface area contributed by atoms with Crippen molar-refractivity contribution in [2.24, 2.45) is 5.92 Å². The molecule has 2 aromatic rings. The summed E-state index contributed by atoms with van der Waals surface area (Å²) in [6.45, 7) is 0. The van der Waals surface area contributed by atoms with Gasteiger partial charge in [-0.15, -0.1) is 0 Å². The van der Waals surface area contributed by atoms with E-state index in [4.69, 9.17) is 34.8 Å². The predicted molar refractivity (Wildman–Crippen MR) is 101 cm³/mol. The van der Waals surface area contributed by atoms with Crippen LogP contribution in [0.25, 0.3) is 0 Å². The molecule has 0 saturated carbocycles. The highest BCUT2D eigenvalue weighted by atomic mass is 35.5. The first-order chi connectivity index (χ1) is 13.4. The number of aliphatic hydroxyl groups is 1. The second-order valence-electron chi connectivity index (χ2n) is 6.35. The molecule has 5 nitrogen and oxygen atoms in total. The van der Waals surface area contributed by atoms with E-state index in [9.17, 15) is 27.9 Å². The van der Waals surface area contributed by atoms with Crippen LogP contribution < -0.4 is 10.6 Å². The maximum atomic E-state index is 13.4. The van der Waals surface area contributed by atoms with Gasteiger partial charge >= 0.3 is 12.2 Å². The average Bonchev–Trinajstić information content (AvgIpc) is 2.60. The minimum atomic E-state index is -5.30. The summed E-state index contributed by atoms with van der Waals surface area (Å²) in [5.74, 6) is -4.45. The minimum absolute atomic E-state index is 0.0131. The molecule has 3 rings (SSSR count). The number of ketones is 1. The van der Waals surface area contributed by atoms with Gasteiger partial charge in [0, 0.05) is 20.6 Å². The van der Waals surface area contributed by atoms with E-state index in [0.717, 1.165) is 0 Å². The highest BCUT2D eigenvalue weighted by molar-refractivity contribution is 6.35. The monoisotopic (exact) mass is 466 g/mol. The topological polar surface area (TPSA) is 78.4 Å². The summed E-state index contributed by atoms with van der Waals surface area (Å²) < 4.78 is 40.3. The van der Waals surface area contributed by atoms with Crippen molar-refractivity contribution in [3.05, 3.63) is 68.7 Å². The molecule has 3 atom stereocenters. The fraction of sp³-hybridized carbons (Fsp3) is 0.222. The van der Waals surface area contributed by atoms with E-state index in [-0.39, 0.29) is 26.2 Å². The number of hydrogen-bond acceptors (Lipinski definition) is 3. The zero-order valence-electron chi connectivity index (χ0n) is 14.2. The predicted octanol–water partition coefficient (Wildman–Crippen LogP) is 4.59. The van der Waals surface area contributed by atoms with Crippen LogP contribution in [-0.2, 0) is 10.5 Å². The number of benzene rings is 2. The fourth-order valence-corrected chi connectivity index (χ4v) is 3.89. The molecule has 1 fully saturated rings. The van der Waals surface area contributed by atoms with Crippen LogP contribution in [0.5, 0.6) is 0 Å². The molecule has 0 unspecified atom stereocenters. The first-order valence-electron chi connectivity index (χ1n) is 8.06. The van der Waals surface area contributed by atoms with Gasteiger partial charge in [0.1, 0.15) is 5.92 Å². The Labute approximate surface area is 177 Å². The summed E-state index contributed by atoms with van der Waals surface area (Å²) in [4.78, 5) is 24.6. The molecule has 0 aromatic heterocycles. The molecular formula is C18H12Cl3F3N2O3. The number of carbonyl (C=O) groups excluding carboxylic acids is 2. The number of Topliss-reactive ketones (excluding diaryl/α,β-unsaturated/α-hetero) is 1. The largest absolute Gasteiger partial charge is 0.450 e. The first kappa shape index (κ1) is 21.7. The van der Waals surface area contributed by atoms with Gasteiger partial charge in [0.25, 0.3) is 0 Å². The molecular weight excluding hydrogens is 456 g/mol. The number of urea groups is 1. The van der Waals surface area contributed by atoms with E-state index in [1.807, 2.05) is 5.32 Å². The van der Waals surface area contributed by atoms with Gasteiger partial charge < -0.3 is 15.7 Å². The van der Waals surface area contributed by atoms with Gasteiger partial charge in [0.05, 0.1) is 6.04 Å². The lowest BCUT2D eigenvalue weighted by Gasteiger charge is -2.45. The van der Waals surface area contributed by atoms with Gasteiger partial charge in [0.15, 0.2) is 5.72 Å². The van der Waals surface area contributed by atoms with E-state index in [1.54, 1.807) is 0 Å². The first-order valence-corrected chi connectivity index (χ1v) is 9.20. The van der Waals surface area contributed by atoms with Crippen molar-refractivity contribution in [2.75, 3.05) is 0 Å². The Morgan fingerprint density at radius 1 is 1.03 bits per heavy atom. The lowest BCUT2D eigenvalue weighted by Crippen LogP contribution is -2.66. The van der Waals surface area contributed by atoms with E-state index in [1.165, 1.54) is 42.5 Å². The smallest absolute Gasteiger partial charge is 0.366 e. The second kappa shape index (κ2) is 7.68. The molecule has 1 saturated heterocycles. The van der Waals surface area contributed by atoms with Crippen molar-refractivity contribution >= 4 is 46.6 Å². The molecule has 1 heterocycles. The Balaban J connectivity index is 2.22. The van der Waals surface area contributed by atoms with Gasteiger partial charge in [-0.3, -0.25) is 4.79 Å². The summed E-state index contributed by atoms with van der Waals surface area (Å²) in [6.07, 6.45) is -5.30. The highest BCUT2D eigenvalue weighted by Crippen LogP contribution is 2.44. The molecule has 154 valence electrons. The summed E-state index contributed by atoms with van der Waals surface area (Å²) in [5, 5.41) is 15.8. The van der Waals surface area contributed by atoms with Crippen molar-refractivity contribution in [3.63, 3.8) is 0 Å². The van der Waals surface area contributed by atoms with Crippen LogP contribution in [-0.4, -0.2) is 23.1 Å². The third kappa shape index (κ3) is 4.16. The van der Waals surface area contributed by atoms with Crippen LogP contribution >= 0.6 is 34.8 Å². The standard InChI is InChI=1S/C18H12Cl3F3N2O3/c19-9-3-1-8(2-4-9)17(29)13(15(27)18(22,23)24)14(25-16(28)26-17)11-6-5-10(20)7-12(11)21/h1-7,13-14,29H,(H2,25,26,28)/t13-,14-,17+/m1/s1. The number of carbonyl (C=O) groups is 2. The van der Waals surface area contributed by atoms with Crippen LogP contribution in [0.3, 0.4) is 0 Å². The van der Waals surface area contributed by atoms with Crippen LogP contribution in [0.1, 0.15) is 17.2 Å². The summed E-state index contributed by atoms with van der Waals surface area (Å²) in [5.41, 5.74) is -2.86. The normalized spacial score (nSPS) is 24.6. The third-order valence-electron chi connectivity index (χ3n) is 4.52. The molecule has 11 heteroatoms. The quantitative estimate of drug-likeness (QED) is 0.618. The van der Waals surface area contributed by atoms with Gasteiger partial charge in [0.2, 0.25) is 5.78 Å². The highest BCUT2D eigenvalue weighted by Gasteiger charge is 2.59. The van der Waals surface area contributed by atoms with Gasteiger partial charge in [-0.1, -0.05) is 53.0 Å². The Bertz CT molecular complexity index is 969. The van der Waals surface area contributed by atoms with Gasteiger partial charge in [-0.05, 0) is 29.8 Å². The van der Waals surface area contributed by atoms with Crippen molar-refractivity contribution in [3.8, 4) is 0 Å². The number of hydrogen-bond donors (Lipinski definition) is 3. The molecule has 0 radical (unpaired) electrons. The average molecular weight is 468 g/mol. The Morgan fingerprint density at radius 2 is 1.62 bits per heavy atom. The zero-order valence-corrected chi connectivity index (χ0v) is 16.5. The van der Waals surface area contributed by atoms with Crippen LogP contribution in [0.2, 0.25) is 15.1 Å². The molecule has 0 aliphatic carbocycles. The number of amides is 2. The Hall–Kier alpha value is -2.00. The fourth-order valence-electron chi connectivity index (χ4n) is 3.24. The second-order valence-corrected chi connectivity index (χ2v) is 7.63. The van der Waals surface area contributed by atoms with Gasteiger partial charge in [-0.25, -0.2) is 4.79 Å². The van der Waals surface area contributed by atoms with E-state index >= 15 is 0 Å². The maximum absolute atomic E-state index is 13.4. The zero-order chi connectivity index (χ0) is 21.6. The number of nitrogens with one attached hydrogen (secondary N) is 2. The Kier molecular flexibility index (Phi) is 5.75.